The highest BCUT2D eigenvalue weighted by atomic mass is 79.9. The topological polar surface area (TPSA) is 38.9 Å². The fourth-order valence-corrected chi connectivity index (χ4v) is 2.48. The van der Waals surface area contributed by atoms with E-state index in [-0.39, 0.29) is 11.9 Å². The molecule has 2 rings (SSSR count). The molecule has 0 spiro atoms. The van der Waals surface area contributed by atoms with Crippen molar-refractivity contribution in [1.82, 2.24) is 4.98 Å². The molecule has 1 unspecified atom stereocenters. The molecule has 0 saturated carbocycles. The molecular weight excluding hydrogens is 363 g/mol. The molecule has 94 valence electrons. The van der Waals surface area contributed by atoms with Gasteiger partial charge in [-0.2, -0.15) is 0 Å². The highest BCUT2D eigenvalue weighted by molar-refractivity contribution is 9.10. The van der Waals surface area contributed by atoms with E-state index < -0.39 is 0 Å². The Kier molecular flexibility index (Phi) is 4.48. The van der Waals surface area contributed by atoms with E-state index in [9.17, 15) is 4.39 Å². The summed E-state index contributed by atoms with van der Waals surface area (Å²) in [5, 5.41) is 0. The van der Waals surface area contributed by atoms with Gasteiger partial charge in [0.1, 0.15) is 5.82 Å². The second kappa shape index (κ2) is 5.91. The maximum Gasteiger partial charge on any atom is 0.137 e. The first kappa shape index (κ1) is 13.6. The van der Waals surface area contributed by atoms with Gasteiger partial charge in [-0.15, -0.1) is 0 Å². The third-order valence-corrected chi connectivity index (χ3v) is 3.64. The SMILES string of the molecule is NC(Cc1ccc(F)c(Br)c1)c1cncc(Br)c1. The van der Waals surface area contributed by atoms with Crippen molar-refractivity contribution in [1.29, 1.82) is 0 Å². The van der Waals surface area contributed by atoms with Crippen LogP contribution < -0.4 is 5.73 Å². The van der Waals surface area contributed by atoms with Gasteiger partial charge in [-0.1, -0.05) is 6.07 Å². The van der Waals surface area contributed by atoms with Gasteiger partial charge < -0.3 is 5.73 Å². The van der Waals surface area contributed by atoms with E-state index in [4.69, 9.17) is 5.73 Å². The van der Waals surface area contributed by atoms with Gasteiger partial charge in [0.05, 0.1) is 4.47 Å². The lowest BCUT2D eigenvalue weighted by Crippen LogP contribution is -2.13. The standard InChI is InChI=1S/C13H11Br2FN2/c14-10-5-9(6-18-7-10)13(17)4-8-1-2-12(16)11(15)3-8/h1-3,5-7,13H,4,17H2. The molecule has 0 aliphatic heterocycles. The molecule has 0 aliphatic rings. The van der Waals surface area contributed by atoms with Crippen molar-refractivity contribution in [3.63, 3.8) is 0 Å². The van der Waals surface area contributed by atoms with Crippen LogP contribution >= 0.6 is 31.9 Å². The minimum atomic E-state index is -0.267. The maximum absolute atomic E-state index is 13.1. The van der Waals surface area contributed by atoms with Crippen molar-refractivity contribution < 1.29 is 4.39 Å². The highest BCUT2D eigenvalue weighted by Gasteiger charge is 2.09. The molecule has 2 aromatic rings. The zero-order chi connectivity index (χ0) is 13.1. The summed E-state index contributed by atoms with van der Waals surface area (Å²) in [6.45, 7) is 0. The zero-order valence-corrected chi connectivity index (χ0v) is 12.6. The van der Waals surface area contributed by atoms with E-state index in [0.29, 0.717) is 10.9 Å². The Morgan fingerprint density at radius 1 is 1.22 bits per heavy atom. The molecule has 1 atom stereocenters. The highest BCUT2D eigenvalue weighted by Crippen LogP contribution is 2.22. The van der Waals surface area contributed by atoms with Gasteiger partial charge in [0.2, 0.25) is 0 Å². The summed E-state index contributed by atoms with van der Waals surface area (Å²) < 4.78 is 14.5. The second-order valence-corrected chi connectivity index (χ2v) is 5.77. The van der Waals surface area contributed by atoms with E-state index in [1.54, 1.807) is 24.5 Å². The lowest BCUT2D eigenvalue weighted by atomic mass is 10.0. The van der Waals surface area contributed by atoms with E-state index in [0.717, 1.165) is 15.6 Å². The van der Waals surface area contributed by atoms with Gasteiger partial charge in [-0.3, -0.25) is 4.98 Å². The molecule has 18 heavy (non-hydrogen) atoms. The fraction of sp³-hybridized carbons (Fsp3) is 0.154. The Hall–Kier alpha value is -0.780. The molecule has 5 heteroatoms. The molecular formula is C13H11Br2FN2. The molecule has 0 radical (unpaired) electrons. The first-order valence-electron chi connectivity index (χ1n) is 5.36. The number of hydrogen-bond donors (Lipinski definition) is 1. The lowest BCUT2D eigenvalue weighted by Gasteiger charge is -2.12. The predicted molar refractivity (Wildman–Crippen MR) is 76.7 cm³/mol. The van der Waals surface area contributed by atoms with Crippen molar-refractivity contribution in [2.75, 3.05) is 0 Å². The van der Waals surface area contributed by atoms with Crippen molar-refractivity contribution in [3.8, 4) is 0 Å². The van der Waals surface area contributed by atoms with Crippen LogP contribution in [-0.4, -0.2) is 4.98 Å². The predicted octanol–water partition coefficient (Wildman–Crippen LogP) is 3.99. The van der Waals surface area contributed by atoms with E-state index in [1.807, 2.05) is 6.07 Å². The first-order chi connectivity index (χ1) is 8.56. The summed E-state index contributed by atoms with van der Waals surface area (Å²) >= 11 is 6.53. The summed E-state index contributed by atoms with van der Waals surface area (Å²) in [6, 6.07) is 6.71. The number of aromatic nitrogens is 1. The average Bonchev–Trinajstić information content (AvgIpc) is 2.34. The molecule has 0 fully saturated rings. The van der Waals surface area contributed by atoms with E-state index in [2.05, 4.69) is 36.8 Å². The van der Waals surface area contributed by atoms with Crippen LogP contribution in [0.3, 0.4) is 0 Å². The quantitative estimate of drug-likeness (QED) is 0.883. The summed E-state index contributed by atoms with van der Waals surface area (Å²) in [5.74, 6) is -0.267. The Balaban J connectivity index is 2.16. The normalized spacial score (nSPS) is 12.4. The number of nitrogens with two attached hydrogens (primary N) is 1. The molecule has 0 amide bonds. The van der Waals surface area contributed by atoms with Crippen molar-refractivity contribution >= 4 is 31.9 Å². The van der Waals surface area contributed by atoms with Crippen LogP contribution in [-0.2, 0) is 6.42 Å². The monoisotopic (exact) mass is 372 g/mol. The van der Waals surface area contributed by atoms with Crippen LogP contribution in [0.1, 0.15) is 17.2 Å². The minimum Gasteiger partial charge on any atom is -0.324 e. The molecule has 0 bridgehead atoms. The van der Waals surface area contributed by atoms with Gasteiger partial charge in [-0.05, 0) is 67.6 Å². The molecule has 1 heterocycles. The number of halogens is 3. The number of pyridine rings is 1. The smallest absolute Gasteiger partial charge is 0.137 e. The third kappa shape index (κ3) is 3.37. The minimum absolute atomic E-state index is 0.160. The molecule has 2 nitrogen and oxygen atoms in total. The Morgan fingerprint density at radius 2 is 2.00 bits per heavy atom. The second-order valence-electron chi connectivity index (χ2n) is 4.00. The van der Waals surface area contributed by atoms with Crippen LogP contribution in [0.15, 0.2) is 45.6 Å². The summed E-state index contributed by atoms with van der Waals surface area (Å²) in [5.41, 5.74) is 8.05. The summed E-state index contributed by atoms with van der Waals surface area (Å²) in [4.78, 5) is 4.08. The van der Waals surface area contributed by atoms with Crippen molar-refractivity contribution in [2.24, 2.45) is 5.73 Å². The maximum atomic E-state index is 13.1. The molecule has 0 saturated heterocycles. The van der Waals surface area contributed by atoms with Crippen LogP contribution in [0, 0.1) is 5.82 Å². The molecule has 0 aliphatic carbocycles. The van der Waals surface area contributed by atoms with Gasteiger partial charge >= 0.3 is 0 Å². The third-order valence-electron chi connectivity index (χ3n) is 2.59. The van der Waals surface area contributed by atoms with E-state index in [1.165, 1.54) is 6.07 Å². The molecule has 2 N–H and O–H groups in total. The van der Waals surface area contributed by atoms with E-state index >= 15 is 0 Å². The summed E-state index contributed by atoms with van der Waals surface area (Å²) in [7, 11) is 0. The number of rotatable bonds is 3. The van der Waals surface area contributed by atoms with Crippen LogP contribution in [0.2, 0.25) is 0 Å². The number of hydrogen-bond acceptors (Lipinski definition) is 2. The largest absolute Gasteiger partial charge is 0.324 e. The Bertz CT molecular complexity index is 560. The average molecular weight is 374 g/mol. The number of benzene rings is 1. The lowest BCUT2D eigenvalue weighted by molar-refractivity contribution is 0.618. The van der Waals surface area contributed by atoms with Gasteiger partial charge in [-0.25, -0.2) is 4.39 Å². The Labute approximate surface area is 122 Å². The van der Waals surface area contributed by atoms with Crippen LogP contribution in [0.25, 0.3) is 0 Å². The molecule has 1 aromatic heterocycles. The molecule has 1 aromatic carbocycles. The van der Waals surface area contributed by atoms with Crippen molar-refractivity contribution in [3.05, 3.63) is 62.5 Å². The van der Waals surface area contributed by atoms with Crippen molar-refractivity contribution in [2.45, 2.75) is 12.5 Å². The zero-order valence-electron chi connectivity index (χ0n) is 9.41. The first-order valence-corrected chi connectivity index (χ1v) is 6.95. The summed E-state index contributed by atoms with van der Waals surface area (Å²) in [6.07, 6.45) is 4.09. The van der Waals surface area contributed by atoms with Gasteiger partial charge in [0.15, 0.2) is 0 Å². The fourth-order valence-electron chi connectivity index (χ4n) is 1.67. The van der Waals surface area contributed by atoms with Gasteiger partial charge in [0, 0.05) is 22.9 Å². The Morgan fingerprint density at radius 3 is 2.67 bits per heavy atom. The number of nitrogens with zero attached hydrogens (tertiary/aromatic N) is 1. The van der Waals surface area contributed by atoms with Gasteiger partial charge in [0.25, 0.3) is 0 Å². The van der Waals surface area contributed by atoms with Crippen LogP contribution in [0.4, 0.5) is 4.39 Å². The van der Waals surface area contributed by atoms with Crippen LogP contribution in [0.5, 0.6) is 0 Å².